The Morgan fingerprint density at radius 1 is 0.789 bits per heavy atom. The zero-order chi connectivity index (χ0) is 27.7. The van der Waals surface area contributed by atoms with E-state index in [0.29, 0.717) is 10.6 Å². The summed E-state index contributed by atoms with van der Waals surface area (Å²) in [6.45, 7) is 1.63. The van der Waals surface area contributed by atoms with Gasteiger partial charge in [-0.3, -0.25) is 0 Å². The lowest BCUT2D eigenvalue weighted by Crippen LogP contribution is -2.25. The van der Waals surface area contributed by atoms with E-state index in [1.165, 1.54) is 66.7 Å². The number of rotatable bonds is 9. The van der Waals surface area contributed by atoms with Crippen LogP contribution in [0.1, 0.15) is 44.2 Å². The van der Waals surface area contributed by atoms with E-state index in [1.807, 2.05) is 0 Å². The van der Waals surface area contributed by atoms with Gasteiger partial charge in [-0.05, 0) is 86.7 Å². The van der Waals surface area contributed by atoms with E-state index in [9.17, 15) is 25.3 Å². The summed E-state index contributed by atoms with van der Waals surface area (Å²) in [6.07, 6.45) is 4.70. The van der Waals surface area contributed by atoms with Crippen molar-refractivity contribution in [3.05, 3.63) is 77.3 Å². The summed E-state index contributed by atoms with van der Waals surface area (Å²) < 4.78 is 86.3. The maximum absolute atomic E-state index is 13.7. The molecule has 1 atom stereocenters. The summed E-state index contributed by atoms with van der Waals surface area (Å²) in [4.78, 5) is -1.02. The van der Waals surface area contributed by atoms with Crippen LogP contribution in [0.15, 0.2) is 86.3 Å². The minimum absolute atomic E-state index is 0.0568. The summed E-state index contributed by atoms with van der Waals surface area (Å²) in [6, 6.07) is 14.5. The van der Waals surface area contributed by atoms with Gasteiger partial charge in [-0.15, -0.1) is 0 Å². The second kappa shape index (κ2) is 11.0. The molecule has 0 radical (unpaired) electrons. The van der Waals surface area contributed by atoms with Gasteiger partial charge in [-0.1, -0.05) is 23.7 Å². The van der Waals surface area contributed by atoms with Crippen LogP contribution in [0.4, 0.5) is 0 Å². The van der Waals surface area contributed by atoms with Crippen molar-refractivity contribution in [1.29, 1.82) is 0 Å². The molecule has 204 valence electrons. The van der Waals surface area contributed by atoms with Crippen molar-refractivity contribution in [3.63, 3.8) is 0 Å². The molecule has 1 fully saturated rings. The van der Waals surface area contributed by atoms with Crippen molar-refractivity contribution < 1.29 is 30.0 Å². The summed E-state index contributed by atoms with van der Waals surface area (Å²) >= 11 is 5.93. The molecular weight excluding hydrogens is 570 g/mol. The second-order valence-corrected chi connectivity index (χ2v) is 15.3. The minimum Gasteiger partial charge on any atom is -0.490 e. The molecule has 0 aromatic heterocycles. The molecule has 1 aliphatic carbocycles. The van der Waals surface area contributed by atoms with Gasteiger partial charge in [-0.2, -0.15) is 0 Å². The monoisotopic (exact) mass is 597 g/mol. The minimum atomic E-state index is -4.29. The quantitative estimate of drug-likeness (QED) is 0.370. The Morgan fingerprint density at radius 2 is 1.32 bits per heavy atom. The Morgan fingerprint density at radius 3 is 1.87 bits per heavy atom. The molecule has 4 rings (SSSR count). The van der Waals surface area contributed by atoms with Gasteiger partial charge in [0, 0.05) is 17.1 Å². The number of halogens is 1. The lowest BCUT2D eigenvalue weighted by Gasteiger charge is -2.17. The predicted molar refractivity (Wildman–Crippen MR) is 145 cm³/mol. The first kappa shape index (κ1) is 28.6. The van der Waals surface area contributed by atoms with Crippen LogP contribution in [-0.2, 0) is 29.7 Å². The highest BCUT2D eigenvalue weighted by Gasteiger charge is 2.31. The molecule has 0 spiro atoms. The molecule has 1 aliphatic rings. The third-order valence-electron chi connectivity index (χ3n) is 6.30. The van der Waals surface area contributed by atoms with Crippen LogP contribution in [0.3, 0.4) is 0 Å². The molecule has 0 amide bonds. The predicted octanol–water partition coefficient (Wildman–Crippen LogP) is 4.94. The van der Waals surface area contributed by atoms with Crippen molar-refractivity contribution in [2.75, 3.05) is 6.26 Å². The molecule has 3 aromatic rings. The van der Waals surface area contributed by atoms with Gasteiger partial charge in [0.25, 0.3) is 0 Å². The average Bonchev–Trinajstić information content (AvgIpc) is 3.36. The SMILES string of the molecule is C[C@H](NS(C)(=O)=O)c1ccc(S(=O)(=O)c2ccc(OC3CCCC3)cc2S(=O)(=O)c2ccc(Cl)cc2)cc1. The molecule has 0 unspecified atom stereocenters. The van der Waals surface area contributed by atoms with E-state index >= 15 is 0 Å². The summed E-state index contributed by atoms with van der Waals surface area (Å²) in [5.41, 5.74) is 0.545. The fourth-order valence-electron chi connectivity index (χ4n) is 4.38. The highest BCUT2D eigenvalue weighted by Crippen LogP contribution is 2.35. The first-order valence-electron chi connectivity index (χ1n) is 11.9. The van der Waals surface area contributed by atoms with Crippen molar-refractivity contribution in [2.24, 2.45) is 0 Å². The van der Waals surface area contributed by atoms with Crippen LogP contribution in [0.2, 0.25) is 5.02 Å². The number of sulfonamides is 1. The van der Waals surface area contributed by atoms with Gasteiger partial charge in [0.05, 0.1) is 31.9 Å². The first-order valence-corrected chi connectivity index (χ1v) is 17.1. The third-order valence-corrected chi connectivity index (χ3v) is 11.1. The van der Waals surface area contributed by atoms with E-state index in [2.05, 4.69) is 4.72 Å². The van der Waals surface area contributed by atoms with Crippen molar-refractivity contribution in [1.82, 2.24) is 4.72 Å². The number of hydrogen-bond acceptors (Lipinski definition) is 7. The normalized spacial score (nSPS) is 15.9. The average molecular weight is 598 g/mol. The molecule has 0 heterocycles. The van der Waals surface area contributed by atoms with Gasteiger partial charge in [0.2, 0.25) is 29.7 Å². The van der Waals surface area contributed by atoms with E-state index in [1.54, 1.807) is 6.92 Å². The Bertz CT molecular complexity index is 1630. The fourth-order valence-corrected chi connectivity index (χ4v) is 8.62. The molecule has 0 bridgehead atoms. The van der Waals surface area contributed by atoms with E-state index in [0.717, 1.165) is 31.9 Å². The van der Waals surface area contributed by atoms with E-state index in [4.69, 9.17) is 16.3 Å². The second-order valence-electron chi connectivity index (χ2n) is 9.27. The van der Waals surface area contributed by atoms with Gasteiger partial charge >= 0.3 is 0 Å². The van der Waals surface area contributed by atoms with Crippen molar-refractivity contribution in [2.45, 2.75) is 64.3 Å². The standard InChI is InChI=1S/C26H28ClNO7S3/c1-18(28-36(2,29)30)19-7-12-23(13-8-19)37(31,32)25-16-11-22(35-21-5-3-4-6-21)17-26(25)38(33,34)24-14-9-20(27)10-15-24/h7-18,21,28H,3-6H2,1-2H3/t18-/m0/s1. The van der Waals surface area contributed by atoms with Crippen LogP contribution in [-0.4, -0.2) is 37.6 Å². The van der Waals surface area contributed by atoms with Gasteiger partial charge < -0.3 is 4.74 Å². The van der Waals surface area contributed by atoms with Crippen molar-refractivity contribution >= 4 is 41.3 Å². The number of nitrogens with one attached hydrogen (secondary N) is 1. The Kier molecular flexibility index (Phi) is 8.25. The van der Waals surface area contributed by atoms with Crippen LogP contribution in [0.5, 0.6) is 5.75 Å². The molecule has 0 aliphatic heterocycles. The lowest BCUT2D eigenvalue weighted by atomic mass is 10.1. The number of sulfone groups is 2. The molecule has 38 heavy (non-hydrogen) atoms. The molecular formula is C26H28ClNO7S3. The van der Waals surface area contributed by atoms with E-state index in [-0.39, 0.29) is 26.5 Å². The Balaban J connectivity index is 1.78. The third kappa shape index (κ3) is 6.40. The van der Waals surface area contributed by atoms with Crippen LogP contribution in [0.25, 0.3) is 0 Å². The summed E-state index contributed by atoms with van der Waals surface area (Å²) in [5, 5.41) is 0.342. The zero-order valence-electron chi connectivity index (χ0n) is 20.8. The first-order chi connectivity index (χ1) is 17.8. The molecule has 8 nitrogen and oxygen atoms in total. The Labute approximate surface area is 228 Å². The molecule has 1 N–H and O–H groups in total. The number of benzene rings is 3. The molecule has 12 heteroatoms. The van der Waals surface area contributed by atoms with Crippen LogP contribution in [0, 0.1) is 0 Å². The van der Waals surface area contributed by atoms with Crippen molar-refractivity contribution in [3.8, 4) is 5.75 Å². The lowest BCUT2D eigenvalue weighted by molar-refractivity contribution is 0.209. The van der Waals surface area contributed by atoms with Gasteiger partial charge in [0.1, 0.15) is 5.75 Å². The maximum Gasteiger partial charge on any atom is 0.209 e. The fraction of sp³-hybridized carbons (Fsp3) is 0.308. The smallest absolute Gasteiger partial charge is 0.209 e. The highest BCUT2D eigenvalue weighted by molar-refractivity contribution is 7.94. The largest absolute Gasteiger partial charge is 0.490 e. The maximum atomic E-state index is 13.7. The molecule has 0 saturated heterocycles. The van der Waals surface area contributed by atoms with E-state index < -0.39 is 40.6 Å². The number of hydrogen-bond donors (Lipinski definition) is 1. The van der Waals surface area contributed by atoms with Gasteiger partial charge in [0.15, 0.2) is 0 Å². The molecule has 1 saturated carbocycles. The summed E-state index contributed by atoms with van der Waals surface area (Å²) in [5.74, 6) is 0.277. The topological polar surface area (TPSA) is 124 Å². The molecule has 3 aromatic carbocycles. The van der Waals surface area contributed by atoms with Crippen LogP contribution >= 0.6 is 11.6 Å². The highest BCUT2D eigenvalue weighted by atomic mass is 35.5. The van der Waals surface area contributed by atoms with Crippen LogP contribution < -0.4 is 9.46 Å². The Hall–Kier alpha value is -2.44. The summed E-state index contributed by atoms with van der Waals surface area (Å²) in [7, 11) is -12.0. The zero-order valence-corrected chi connectivity index (χ0v) is 24.0. The van der Waals surface area contributed by atoms with Gasteiger partial charge in [-0.25, -0.2) is 30.0 Å². The number of ether oxygens (including phenoxy) is 1.